The first kappa shape index (κ1) is 17.8. The van der Waals surface area contributed by atoms with Gasteiger partial charge in [-0.15, -0.1) is 0 Å². The van der Waals surface area contributed by atoms with Gasteiger partial charge >= 0.3 is 0 Å². The number of rotatable bonds is 3. The minimum atomic E-state index is -0.641. The van der Waals surface area contributed by atoms with Gasteiger partial charge in [0.25, 0.3) is 11.5 Å². The molecule has 0 fully saturated rings. The van der Waals surface area contributed by atoms with E-state index in [4.69, 9.17) is 11.6 Å². The Morgan fingerprint density at radius 1 is 1.15 bits per heavy atom. The van der Waals surface area contributed by atoms with Gasteiger partial charge in [0.1, 0.15) is 17.1 Å². The van der Waals surface area contributed by atoms with Crippen molar-refractivity contribution in [2.24, 2.45) is 7.05 Å². The van der Waals surface area contributed by atoms with E-state index in [0.29, 0.717) is 11.2 Å². The summed E-state index contributed by atoms with van der Waals surface area (Å²) in [6.07, 6.45) is 0. The topological polar surface area (TPSA) is 82.8 Å². The highest BCUT2D eigenvalue weighted by molar-refractivity contribution is 6.36. The number of aromatic hydroxyl groups is 2. The van der Waals surface area contributed by atoms with Gasteiger partial charge in [-0.3, -0.25) is 9.59 Å². The Labute approximate surface area is 154 Å². The molecular formula is C19H17ClN2O4. The van der Waals surface area contributed by atoms with Gasteiger partial charge in [0.2, 0.25) is 0 Å². The monoisotopic (exact) mass is 372 g/mol. The molecule has 2 N–H and O–H groups in total. The summed E-state index contributed by atoms with van der Waals surface area (Å²) in [6, 6.07) is 10.9. The van der Waals surface area contributed by atoms with E-state index in [1.807, 2.05) is 0 Å². The summed E-state index contributed by atoms with van der Waals surface area (Å²) in [6.45, 7) is 2.02. The van der Waals surface area contributed by atoms with Crippen LogP contribution in [0.2, 0.25) is 5.02 Å². The first-order valence-corrected chi connectivity index (χ1v) is 8.35. The van der Waals surface area contributed by atoms with E-state index in [9.17, 15) is 19.8 Å². The molecule has 0 bridgehead atoms. The molecule has 0 saturated heterocycles. The van der Waals surface area contributed by atoms with Crippen LogP contribution in [0.4, 0.5) is 5.69 Å². The fraction of sp³-hybridized carbons (Fsp3) is 0.158. The van der Waals surface area contributed by atoms with Crippen LogP contribution in [0.15, 0.2) is 47.3 Å². The average molecular weight is 373 g/mol. The summed E-state index contributed by atoms with van der Waals surface area (Å²) in [5.74, 6) is -1.01. The Balaban J connectivity index is 2.24. The molecule has 26 heavy (non-hydrogen) atoms. The van der Waals surface area contributed by atoms with Gasteiger partial charge in [0, 0.05) is 19.3 Å². The van der Waals surface area contributed by atoms with Crippen molar-refractivity contribution >= 4 is 34.1 Å². The normalized spacial score (nSPS) is 10.9. The third-order valence-electron chi connectivity index (χ3n) is 4.28. The Morgan fingerprint density at radius 3 is 2.42 bits per heavy atom. The molecule has 1 aromatic heterocycles. The van der Waals surface area contributed by atoms with Crippen LogP contribution in [0.5, 0.6) is 11.5 Å². The number of carbonyl (C=O) groups excluding carboxylic acids is 1. The van der Waals surface area contributed by atoms with Crippen molar-refractivity contribution in [3.8, 4) is 11.5 Å². The van der Waals surface area contributed by atoms with E-state index < -0.39 is 17.2 Å². The van der Waals surface area contributed by atoms with E-state index in [1.165, 1.54) is 28.6 Å². The largest absolute Gasteiger partial charge is 0.508 e. The fourth-order valence-electron chi connectivity index (χ4n) is 2.93. The van der Waals surface area contributed by atoms with Gasteiger partial charge in [-0.1, -0.05) is 17.7 Å². The smallest absolute Gasteiger partial charge is 0.267 e. The molecular weight excluding hydrogens is 356 g/mol. The highest BCUT2D eigenvalue weighted by Gasteiger charge is 2.26. The van der Waals surface area contributed by atoms with Crippen LogP contribution in [-0.2, 0) is 7.05 Å². The van der Waals surface area contributed by atoms with Crippen molar-refractivity contribution in [2.75, 3.05) is 11.4 Å². The quantitative estimate of drug-likeness (QED) is 0.739. The van der Waals surface area contributed by atoms with E-state index in [1.54, 1.807) is 37.3 Å². The maximum atomic E-state index is 13.1. The summed E-state index contributed by atoms with van der Waals surface area (Å²) in [5, 5.41) is 20.6. The molecule has 6 nitrogen and oxygen atoms in total. The number of phenols is 1. The van der Waals surface area contributed by atoms with Crippen LogP contribution in [-0.4, -0.2) is 27.2 Å². The number of carbonyl (C=O) groups is 1. The molecule has 0 saturated carbocycles. The number of aryl methyl sites for hydroxylation is 1. The fourth-order valence-corrected chi connectivity index (χ4v) is 3.19. The van der Waals surface area contributed by atoms with E-state index in [2.05, 4.69) is 0 Å². The number of anilines is 1. The maximum Gasteiger partial charge on any atom is 0.267 e. The van der Waals surface area contributed by atoms with Crippen molar-refractivity contribution < 1.29 is 15.0 Å². The summed E-state index contributed by atoms with van der Waals surface area (Å²) >= 11 is 6.18. The van der Waals surface area contributed by atoms with Crippen molar-refractivity contribution in [2.45, 2.75) is 6.92 Å². The Hall–Kier alpha value is -2.99. The van der Waals surface area contributed by atoms with Gasteiger partial charge in [0.15, 0.2) is 0 Å². The molecule has 1 amide bonds. The summed E-state index contributed by atoms with van der Waals surface area (Å²) < 4.78 is 1.29. The maximum absolute atomic E-state index is 13.1. The summed E-state index contributed by atoms with van der Waals surface area (Å²) in [7, 11) is 1.52. The lowest BCUT2D eigenvalue weighted by molar-refractivity contribution is 0.0984. The zero-order chi connectivity index (χ0) is 19.0. The van der Waals surface area contributed by atoms with E-state index in [-0.39, 0.29) is 28.3 Å². The number of fused-ring (bicyclic) bond motifs is 1. The SMILES string of the molecule is CCN(C(=O)c1c(O)c2c(Cl)cccc2n(C)c1=O)c1ccc(O)cc1. The van der Waals surface area contributed by atoms with Crippen molar-refractivity contribution in [3.05, 3.63) is 63.4 Å². The number of amides is 1. The molecule has 0 atom stereocenters. The standard InChI is InChI=1S/C19H17ClN2O4/c1-3-22(11-7-9-12(23)10-8-11)19(26)16-17(24)15-13(20)5-4-6-14(15)21(2)18(16)25/h4-10,23-24H,3H2,1-2H3. The van der Waals surface area contributed by atoms with Crippen molar-refractivity contribution in [1.82, 2.24) is 4.57 Å². The summed E-state index contributed by atoms with van der Waals surface area (Å²) in [4.78, 5) is 27.1. The second-order valence-electron chi connectivity index (χ2n) is 5.79. The van der Waals surface area contributed by atoms with Crippen LogP contribution in [0.1, 0.15) is 17.3 Å². The lowest BCUT2D eigenvalue weighted by Crippen LogP contribution is -2.36. The Kier molecular flexibility index (Phi) is 4.61. The number of pyridine rings is 1. The zero-order valence-corrected chi connectivity index (χ0v) is 15.0. The number of aromatic nitrogens is 1. The predicted molar refractivity (Wildman–Crippen MR) is 101 cm³/mol. The van der Waals surface area contributed by atoms with Gasteiger partial charge in [-0.2, -0.15) is 0 Å². The molecule has 0 unspecified atom stereocenters. The van der Waals surface area contributed by atoms with Crippen LogP contribution < -0.4 is 10.5 Å². The van der Waals surface area contributed by atoms with Gasteiger partial charge in [-0.25, -0.2) is 0 Å². The number of halogens is 1. The summed E-state index contributed by atoms with van der Waals surface area (Å²) in [5.41, 5.74) is -0.0252. The molecule has 0 aliphatic heterocycles. The highest BCUT2D eigenvalue weighted by atomic mass is 35.5. The number of hydrogen-bond acceptors (Lipinski definition) is 4. The second-order valence-corrected chi connectivity index (χ2v) is 6.19. The predicted octanol–water partition coefficient (Wildman–Crippen LogP) is 3.27. The second kappa shape index (κ2) is 6.72. The van der Waals surface area contributed by atoms with E-state index in [0.717, 1.165) is 0 Å². The molecule has 0 radical (unpaired) electrons. The number of nitrogens with zero attached hydrogens (tertiary/aromatic N) is 2. The first-order valence-electron chi connectivity index (χ1n) is 7.97. The van der Waals surface area contributed by atoms with Crippen LogP contribution in [0, 0.1) is 0 Å². The molecule has 1 heterocycles. The minimum Gasteiger partial charge on any atom is -0.508 e. The molecule has 0 aliphatic rings. The van der Waals surface area contributed by atoms with Crippen molar-refractivity contribution in [1.29, 1.82) is 0 Å². The van der Waals surface area contributed by atoms with Crippen molar-refractivity contribution in [3.63, 3.8) is 0 Å². The third kappa shape index (κ3) is 2.78. The molecule has 0 spiro atoms. The van der Waals surface area contributed by atoms with Crippen LogP contribution in [0.25, 0.3) is 10.9 Å². The Bertz CT molecular complexity index is 1060. The molecule has 2 aromatic carbocycles. The van der Waals surface area contributed by atoms with Crippen LogP contribution >= 0.6 is 11.6 Å². The van der Waals surface area contributed by atoms with Gasteiger partial charge in [0.05, 0.1) is 15.9 Å². The molecule has 3 rings (SSSR count). The molecule has 0 aliphatic carbocycles. The van der Waals surface area contributed by atoms with Gasteiger partial charge in [-0.05, 0) is 43.3 Å². The average Bonchev–Trinajstić information content (AvgIpc) is 2.62. The van der Waals surface area contributed by atoms with Crippen LogP contribution in [0.3, 0.4) is 0 Å². The minimum absolute atomic E-state index is 0.0634. The Morgan fingerprint density at radius 2 is 1.81 bits per heavy atom. The number of hydrogen-bond donors (Lipinski definition) is 2. The zero-order valence-electron chi connectivity index (χ0n) is 14.2. The molecule has 3 aromatic rings. The first-order chi connectivity index (χ1) is 12.4. The molecule has 7 heteroatoms. The molecule has 134 valence electrons. The number of benzene rings is 2. The third-order valence-corrected chi connectivity index (χ3v) is 4.60. The number of phenolic OH excluding ortho intramolecular Hbond substituents is 1. The highest BCUT2D eigenvalue weighted by Crippen LogP contribution is 2.33. The van der Waals surface area contributed by atoms with E-state index >= 15 is 0 Å². The lowest BCUT2D eigenvalue weighted by atomic mass is 10.1. The lowest BCUT2D eigenvalue weighted by Gasteiger charge is -2.22. The van der Waals surface area contributed by atoms with Gasteiger partial charge < -0.3 is 19.7 Å².